The predicted octanol–water partition coefficient (Wildman–Crippen LogP) is 2.09. The number of rotatable bonds is 4. The molecule has 3 rings (SSSR count). The summed E-state index contributed by atoms with van der Waals surface area (Å²) in [6.45, 7) is 4.83. The number of nitrogens with zero attached hydrogens (tertiary/aromatic N) is 2. The fourth-order valence-corrected chi connectivity index (χ4v) is 4.14. The van der Waals surface area contributed by atoms with E-state index in [4.69, 9.17) is 5.73 Å². The van der Waals surface area contributed by atoms with E-state index >= 15 is 0 Å². The SMILES string of the molecule is CC1CC(CN)CN1C(=O)C1CCCN(C(=O)Cc2ccccc2)C1.Cl. The Hall–Kier alpha value is -1.59. The van der Waals surface area contributed by atoms with Gasteiger partial charge in [0.15, 0.2) is 0 Å². The van der Waals surface area contributed by atoms with Crippen molar-refractivity contribution in [3.8, 4) is 0 Å². The monoisotopic (exact) mass is 379 g/mol. The van der Waals surface area contributed by atoms with E-state index in [0.717, 1.165) is 37.9 Å². The summed E-state index contributed by atoms with van der Waals surface area (Å²) in [4.78, 5) is 29.4. The van der Waals surface area contributed by atoms with Crippen molar-refractivity contribution in [2.24, 2.45) is 17.6 Å². The standard InChI is InChI=1S/C20H29N3O2.ClH/c1-15-10-17(12-21)13-23(15)20(25)18-8-5-9-22(14-18)19(24)11-16-6-3-2-4-7-16;/h2-4,6-7,15,17-18H,5,8-14,21H2,1H3;1H. The number of hydrogen-bond acceptors (Lipinski definition) is 3. The number of nitrogens with two attached hydrogens (primary N) is 1. The molecule has 5 nitrogen and oxygen atoms in total. The van der Waals surface area contributed by atoms with Gasteiger partial charge in [-0.2, -0.15) is 0 Å². The number of halogens is 1. The first kappa shape index (κ1) is 20.7. The van der Waals surface area contributed by atoms with Crippen LogP contribution in [0.4, 0.5) is 0 Å². The highest BCUT2D eigenvalue weighted by Gasteiger charge is 2.37. The second-order valence-electron chi connectivity index (χ2n) is 7.52. The Kier molecular flexibility index (Phi) is 7.47. The van der Waals surface area contributed by atoms with E-state index in [2.05, 4.69) is 6.92 Å². The minimum absolute atomic E-state index is 0. The molecule has 3 unspecified atom stereocenters. The maximum Gasteiger partial charge on any atom is 0.227 e. The lowest BCUT2D eigenvalue weighted by atomic mass is 9.95. The van der Waals surface area contributed by atoms with Crippen LogP contribution in [0.3, 0.4) is 0 Å². The summed E-state index contributed by atoms with van der Waals surface area (Å²) in [6.07, 6.45) is 3.19. The lowest BCUT2D eigenvalue weighted by molar-refractivity contribution is -0.141. The van der Waals surface area contributed by atoms with E-state index in [1.165, 1.54) is 0 Å². The second kappa shape index (κ2) is 9.38. The maximum absolute atomic E-state index is 12.9. The van der Waals surface area contributed by atoms with Crippen molar-refractivity contribution in [1.29, 1.82) is 0 Å². The van der Waals surface area contributed by atoms with Crippen LogP contribution in [0.15, 0.2) is 30.3 Å². The van der Waals surface area contributed by atoms with Crippen LogP contribution in [0.5, 0.6) is 0 Å². The van der Waals surface area contributed by atoms with Gasteiger partial charge in [0, 0.05) is 25.7 Å². The van der Waals surface area contributed by atoms with Gasteiger partial charge in [-0.25, -0.2) is 0 Å². The first-order chi connectivity index (χ1) is 12.1. The smallest absolute Gasteiger partial charge is 0.227 e. The Labute approximate surface area is 162 Å². The van der Waals surface area contributed by atoms with Crippen LogP contribution in [-0.2, 0) is 16.0 Å². The molecular weight excluding hydrogens is 350 g/mol. The molecule has 2 aliphatic heterocycles. The van der Waals surface area contributed by atoms with Crippen LogP contribution in [0, 0.1) is 11.8 Å². The van der Waals surface area contributed by atoms with Gasteiger partial charge in [0.05, 0.1) is 12.3 Å². The quantitative estimate of drug-likeness (QED) is 0.871. The largest absolute Gasteiger partial charge is 0.342 e. The number of benzene rings is 1. The van der Waals surface area contributed by atoms with Gasteiger partial charge in [0.2, 0.25) is 11.8 Å². The number of amides is 2. The van der Waals surface area contributed by atoms with Crippen molar-refractivity contribution < 1.29 is 9.59 Å². The first-order valence-electron chi connectivity index (χ1n) is 9.40. The molecule has 0 aliphatic carbocycles. The molecule has 2 fully saturated rings. The van der Waals surface area contributed by atoms with Crippen molar-refractivity contribution in [3.05, 3.63) is 35.9 Å². The van der Waals surface area contributed by atoms with Crippen LogP contribution >= 0.6 is 12.4 Å². The van der Waals surface area contributed by atoms with Gasteiger partial charge >= 0.3 is 0 Å². The summed E-state index contributed by atoms with van der Waals surface area (Å²) in [5.41, 5.74) is 6.81. The third kappa shape index (κ3) is 4.77. The van der Waals surface area contributed by atoms with Crippen LogP contribution < -0.4 is 5.73 Å². The molecule has 1 aromatic rings. The molecule has 0 spiro atoms. The summed E-state index contributed by atoms with van der Waals surface area (Å²) in [7, 11) is 0. The van der Waals surface area contributed by atoms with Gasteiger partial charge < -0.3 is 15.5 Å². The fraction of sp³-hybridized carbons (Fsp3) is 0.600. The molecule has 2 saturated heterocycles. The average molecular weight is 380 g/mol. The molecule has 1 aromatic carbocycles. The van der Waals surface area contributed by atoms with Gasteiger partial charge in [0.25, 0.3) is 0 Å². The molecule has 2 aliphatic rings. The van der Waals surface area contributed by atoms with Crippen molar-refractivity contribution >= 4 is 24.2 Å². The van der Waals surface area contributed by atoms with E-state index in [-0.39, 0.29) is 36.2 Å². The second-order valence-corrected chi connectivity index (χ2v) is 7.52. The summed E-state index contributed by atoms with van der Waals surface area (Å²) >= 11 is 0. The van der Waals surface area contributed by atoms with E-state index in [1.807, 2.05) is 40.1 Å². The Morgan fingerprint density at radius 1 is 1.19 bits per heavy atom. The minimum atomic E-state index is -0.0625. The third-order valence-corrected chi connectivity index (χ3v) is 5.60. The lowest BCUT2D eigenvalue weighted by Crippen LogP contribution is -2.48. The molecule has 2 amide bonds. The number of likely N-dealkylation sites (tertiary alicyclic amines) is 2. The minimum Gasteiger partial charge on any atom is -0.342 e. The zero-order chi connectivity index (χ0) is 17.8. The fourth-order valence-electron chi connectivity index (χ4n) is 4.14. The predicted molar refractivity (Wildman–Crippen MR) is 105 cm³/mol. The van der Waals surface area contributed by atoms with Crippen LogP contribution in [-0.4, -0.2) is 53.8 Å². The van der Waals surface area contributed by atoms with Crippen molar-refractivity contribution in [1.82, 2.24) is 9.80 Å². The number of carbonyl (C=O) groups excluding carboxylic acids is 2. The van der Waals surface area contributed by atoms with Crippen molar-refractivity contribution in [2.45, 2.75) is 38.6 Å². The highest BCUT2D eigenvalue weighted by atomic mass is 35.5. The molecule has 144 valence electrons. The molecule has 0 bridgehead atoms. The normalized spacial score (nSPS) is 25.7. The number of piperidine rings is 1. The van der Waals surface area contributed by atoms with Crippen LogP contribution in [0.2, 0.25) is 0 Å². The lowest BCUT2D eigenvalue weighted by Gasteiger charge is -2.35. The zero-order valence-corrected chi connectivity index (χ0v) is 16.3. The highest BCUT2D eigenvalue weighted by Crippen LogP contribution is 2.27. The molecule has 0 radical (unpaired) electrons. The maximum atomic E-state index is 12.9. The summed E-state index contributed by atoms with van der Waals surface area (Å²) in [5, 5.41) is 0. The third-order valence-electron chi connectivity index (χ3n) is 5.60. The molecular formula is C20H30ClN3O2. The van der Waals surface area contributed by atoms with Gasteiger partial charge in [-0.05, 0) is 44.2 Å². The number of carbonyl (C=O) groups is 2. The first-order valence-corrected chi connectivity index (χ1v) is 9.40. The zero-order valence-electron chi connectivity index (χ0n) is 15.5. The molecule has 26 heavy (non-hydrogen) atoms. The molecule has 3 atom stereocenters. The van der Waals surface area contributed by atoms with Gasteiger partial charge in [0.1, 0.15) is 0 Å². The van der Waals surface area contributed by atoms with E-state index in [9.17, 15) is 9.59 Å². The Balaban J connectivity index is 0.00000243. The van der Waals surface area contributed by atoms with Crippen molar-refractivity contribution in [2.75, 3.05) is 26.2 Å². The van der Waals surface area contributed by atoms with Crippen molar-refractivity contribution in [3.63, 3.8) is 0 Å². The average Bonchev–Trinajstić information content (AvgIpc) is 3.03. The Morgan fingerprint density at radius 2 is 1.92 bits per heavy atom. The highest BCUT2D eigenvalue weighted by molar-refractivity contribution is 5.85. The summed E-state index contributed by atoms with van der Waals surface area (Å²) < 4.78 is 0. The summed E-state index contributed by atoms with van der Waals surface area (Å²) in [6, 6.07) is 10.1. The van der Waals surface area contributed by atoms with Gasteiger partial charge in [-0.1, -0.05) is 30.3 Å². The van der Waals surface area contributed by atoms with Gasteiger partial charge in [-0.3, -0.25) is 9.59 Å². The molecule has 6 heteroatoms. The topological polar surface area (TPSA) is 66.6 Å². The van der Waals surface area contributed by atoms with E-state index in [0.29, 0.717) is 25.4 Å². The molecule has 2 heterocycles. The molecule has 0 saturated carbocycles. The van der Waals surface area contributed by atoms with E-state index in [1.54, 1.807) is 0 Å². The van der Waals surface area contributed by atoms with E-state index < -0.39 is 0 Å². The molecule has 0 aromatic heterocycles. The Bertz CT molecular complexity index is 610. The van der Waals surface area contributed by atoms with Crippen LogP contribution in [0.1, 0.15) is 31.7 Å². The summed E-state index contributed by atoms with van der Waals surface area (Å²) in [5.74, 6) is 0.685. The van der Waals surface area contributed by atoms with Crippen LogP contribution in [0.25, 0.3) is 0 Å². The Morgan fingerprint density at radius 3 is 2.58 bits per heavy atom. The molecule has 2 N–H and O–H groups in total. The van der Waals surface area contributed by atoms with Gasteiger partial charge in [-0.15, -0.1) is 12.4 Å². The number of hydrogen-bond donors (Lipinski definition) is 1.